The number of para-hydroxylation sites is 1. The molecule has 5 rings (SSSR count). The molecule has 2 heterocycles. The Hall–Kier alpha value is -6.01. The summed E-state index contributed by atoms with van der Waals surface area (Å²) < 4.78 is 0. The fourth-order valence-electron chi connectivity index (χ4n) is 8.46. The Morgan fingerprint density at radius 1 is 0.707 bits per heavy atom. The van der Waals surface area contributed by atoms with Gasteiger partial charge in [0.2, 0.25) is 41.4 Å². The Kier molecular flexibility index (Phi) is 24.4. The molecule has 14 N–H and O–H groups in total. The van der Waals surface area contributed by atoms with Crippen LogP contribution in [-0.4, -0.2) is 153 Å². The maximum Gasteiger partial charge on any atom is 0.245 e. The van der Waals surface area contributed by atoms with Gasteiger partial charge in [-0.3, -0.25) is 33.6 Å². The summed E-state index contributed by atoms with van der Waals surface area (Å²) in [6.07, 6.45) is -0.140. The number of amides is 7. The van der Waals surface area contributed by atoms with E-state index in [-0.39, 0.29) is 56.2 Å². The number of aliphatic hydroxyl groups excluding tert-OH is 3. The number of carbonyl (C=O) groups is 7. The van der Waals surface area contributed by atoms with Crippen molar-refractivity contribution in [2.75, 3.05) is 24.7 Å². The van der Waals surface area contributed by atoms with Gasteiger partial charge in [-0.05, 0) is 68.8 Å². The number of H-pyrrole nitrogens is 1. The van der Waals surface area contributed by atoms with Crippen LogP contribution in [0.3, 0.4) is 0 Å². The molecule has 10 atom stereocenters. The average molecular weight is 1080 g/mol. The number of unbranched alkanes of at least 4 members (excludes halogenated alkanes) is 1. The standard InChI is InChI=1S/C53H74N10O10S2/c1-31(2)56-41(23-34-15-7-5-8-16-34)49(69)62-45-30-75-74-29-37(26-46(67)58-44(28-64)32(3)65)57-53(73)47(33(4)66)63-48(68)40(21-13-14-22-54)59-51(71)43(25-36-27-55-39-20-12-11-19-38(36)39)61-50(70)42(60-52(45)72)24-35-17-9-6-10-18-35/h5-12,15-20,27,31-33,37,40-45,47,55-56,64-66H,13-14,21-26,28-30,54H2,1-4H3,(H,57,73)(H,58,67)(H,59,71)(H,60,72)(H,61,70)(H,62,69)(H,63,68)/t32-,33-,37-,40+,41-,42+,43-,44-,45+,47?/m1/s1. The van der Waals surface area contributed by atoms with Gasteiger partial charge in [0.15, 0.2) is 0 Å². The molecule has 0 aliphatic carbocycles. The number of fused-ring (bicyclic) bond motifs is 1. The fourth-order valence-corrected chi connectivity index (χ4v) is 10.9. The summed E-state index contributed by atoms with van der Waals surface area (Å²) in [7, 11) is 2.30. The molecule has 0 saturated carbocycles. The first-order valence-corrected chi connectivity index (χ1v) is 27.9. The molecule has 1 unspecified atom stereocenters. The molecule has 0 bridgehead atoms. The van der Waals surface area contributed by atoms with Crippen molar-refractivity contribution in [2.24, 2.45) is 5.73 Å². The second-order valence-electron chi connectivity index (χ2n) is 19.1. The van der Waals surface area contributed by atoms with Crippen LogP contribution in [0.1, 0.15) is 70.1 Å². The van der Waals surface area contributed by atoms with Crippen LogP contribution >= 0.6 is 21.6 Å². The van der Waals surface area contributed by atoms with E-state index in [9.17, 15) is 48.9 Å². The second kappa shape index (κ2) is 30.5. The van der Waals surface area contributed by atoms with Gasteiger partial charge in [-0.2, -0.15) is 0 Å². The smallest absolute Gasteiger partial charge is 0.245 e. The molecule has 408 valence electrons. The number of aromatic nitrogens is 1. The summed E-state index contributed by atoms with van der Waals surface area (Å²) in [5, 5.41) is 54.4. The monoisotopic (exact) mass is 1070 g/mol. The van der Waals surface area contributed by atoms with E-state index in [1.54, 1.807) is 30.5 Å². The molecule has 3 aromatic carbocycles. The molecule has 7 amide bonds. The summed E-state index contributed by atoms with van der Waals surface area (Å²) >= 11 is 0. The van der Waals surface area contributed by atoms with Crippen molar-refractivity contribution in [1.29, 1.82) is 0 Å². The SMILES string of the molecule is CC(C)N[C@H](Cc1ccccc1)C(=O)N[C@H]1CSSC[C@@H](CC(=O)N[C@H](CO)[C@@H](C)O)NC(=O)C([C@@H](C)O)NC(=O)[C@H](CCCCN)NC(=O)[C@@H](Cc2c[nH]c3ccccc23)NC(=O)[C@H](Cc2ccccc2)NC1=O. The first-order valence-electron chi connectivity index (χ1n) is 25.4. The highest BCUT2D eigenvalue weighted by Gasteiger charge is 2.36. The number of hydrogen-bond acceptors (Lipinski definition) is 14. The Morgan fingerprint density at radius 2 is 1.31 bits per heavy atom. The first-order chi connectivity index (χ1) is 36.0. The molecule has 1 fully saturated rings. The van der Waals surface area contributed by atoms with E-state index < -0.39 is 108 Å². The summed E-state index contributed by atoms with van der Waals surface area (Å²) in [6, 6.07) is 16.0. The van der Waals surface area contributed by atoms with Gasteiger partial charge in [-0.25, -0.2) is 0 Å². The van der Waals surface area contributed by atoms with Crippen molar-refractivity contribution < 1.29 is 48.9 Å². The zero-order chi connectivity index (χ0) is 54.4. The molecule has 4 aromatic rings. The van der Waals surface area contributed by atoms with Gasteiger partial charge in [0.1, 0.15) is 30.2 Å². The topological polar surface area (TPSA) is 318 Å². The molecule has 1 aliphatic heterocycles. The quantitative estimate of drug-likeness (QED) is 0.0427. The van der Waals surface area contributed by atoms with Crippen LogP contribution in [0.25, 0.3) is 10.9 Å². The van der Waals surface area contributed by atoms with E-state index in [4.69, 9.17) is 5.73 Å². The average Bonchev–Trinajstić information content (AvgIpc) is 3.79. The predicted octanol–water partition coefficient (Wildman–Crippen LogP) is 0.624. The van der Waals surface area contributed by atoms with Gasteiger partial charge in [-0.15, -0.1) is 0 Å². The summed E-state index contributed by atoms with van der Waals surface area (Å²) in [6.45, 7) is 6.19. The molecule has 20 nitrogen and oxygen atoms in total. The van der Waals surface area contributed by atoms with Gasteiger partial charge < -0.3 is 68.6 Å². The lowest BCUT2D eigenvalue weighted by molar-refractivity contribution is -0.136. The van der Waals surface area contributed by atoms with Crippen LogP contribution < -0.4 is 48.3 Å². The Balaban J connectivity index is 1.58. The zero-order valence-corrected chi connectivity index (χ0v) is 44.5. The van der Waals surface area contributed by atoms with Crippen molar-refractivity contribution in [1.82, 2.24) is 47.5 Å². The second-order valence-corrected chi connectivity index (χ2v) is 21.7. The Labute approximate surface area is 445 Å². The van der Waals surface area contributed by atoms with Crippen LogP contribution in [-0.2, 0) is 52.8 Å². The van der Waals surface area contributed by atoms with Crippen molar-refractivity contribution in [2.45, 2.75) is 139 Å². The number of carbonyl (C=O) groups excluding carboxylic acids is 7. The molecule has 0 spiro atoms. The lowest BCUT2D eigenvalue weighted by atomic mass is 10.0. The van der Waals surface area contributed by atoms with Crippen LogP contribution in [0.5, 0.6) is 0 Å². The number of nitrogens with two attached hydrogens (primary N) is 1. The maximum atomic E-state index is 14.9. The first kappa shape index (κ1) is 59.9. The molecule has 1 aromatic heterocycles. The van der Waals surface area contributed by atoms with Gasteiger partial charge in [0.05, 0.1) is 30.9 Å². The third kappa shape index (κ3) is 19.3. The minimum absolute atomic E-state index is 0.00518. The summed E-state index contributed by atoms with van der Waals surface area (Å²) in [5.74, 6) is -5.08. The van der Waals surface area contributed by atoms with E-state index >= 15 is 0 Å². The number of aliphatic hydroxyl groups is 3. The third-order valence-corrected chi connectivity index (χ3v) is 15.0. The number of aromatic amines is 1. The van der Waals surface area contributed by atoms with Crippen LogP contribution in [0, 0.1) is 0 Å². The van der Waals surface area contributed by atoms with Crippen molar-refractivity contribution in [3.05, 3.63) is 108 Å². The van der Waals surface area contributed by atoms with Gasteiger partial charge in [-0.1, -0.05) is 114 Å². The Bertz CT molecular complexity index is 2480. The van der Waals surface area contributed by atoms with Gasteiger partial charge in [0.25, 0.3) is 0 Å². The van der Waals surface area contributed by atoms with Crippen molar-refractivity contribution >= 4 is 73.8 Å². The summed E-state index contributed by atoms with van der Waals surface area (Å²) in [5.41, 5.74) is 8.81. The minimum Gasteiger partial charge on any atom is -0.394 e. The maximum absolute atomic E-state index is 14.9. The lowest BCUT2D eigenvalue weighted by Gasteiger charge is -2.29. The van der Waals surface area contributed by atoms with Crippen molar-refractivity contribution in [3.63, 3.8) is 0 Å². The van der Waals surface area contributed by atoms with Gasteiger partial charge in [0, 0.05) is 60.0 Å². The van der Waals surface area contributed by atoms with E-state index in [0.717, 1.165) is 38.1 Å². The van der Waals surface area contributed by atoms with Crippen molar-refractivity contribution in [3.8, 4) is 0 Å². The largest absolute Gasteiger partial charge is 0.394 e. The molecule has 1 saturated heterocycles. The van der Waals surface area contributed by atoms with E-state index in [1.165, 1.54) is 13.8 Å². The summed E-state index contributed by atoms with van der Waals surface area (Å²) in [4.78, 5) is 104. The fraction of sp³-hybridized carbons (Fsp3) is 0.491. The van der Waals surface area contributed by atoms with E-state index in [1.807, 2.05) is 74.5 Å². The highest BCUT2D eigenvalue weighted by molar-refractivity contribution is 8.76. The zero-order valence-electron chi connectivity index (χ0n) is 42.9. The normalized spacial score (nSPS) is 22.3. The highest BCUT2D eigenvalue weighted by atomic mass is 33.1. The highest BCUT2D eigenvalue weighted by Crippen LogP contribution is 2.25. The predicted molar refractivity (Wildman–Crippen MR) is 291 cm³/mol. The van der Waals surface area contributed by atoms with E-state index in [0.29, 0.717) is 24.0 Å². The molecule has 1 aliphatic rings. The van der Waals surface area contributed by atoms with Crippen LogP contribution in [0.4, 0.5) is 0 Å². The minimum atomic E-state index is -1.59. The Morgan fingerprint density at radius 3 is 1.95 bits per heavy atom. The van der Waals surface area contributed by atoms with E-state index in [2.05, 4.69) is 47.5 Å². The third-order valence-electron chi connectivity index (χ3n) is 12.5. The number of benzene rings is 3. The van der Waals surface area contributed by atoms with Gasteiger partial charge >= 0.3 is 0 Å². The molecule has 0 radical (unpaired) electrons. The number of nitrogens with one attached hydrogen (secondary N) is 9. The molecular formula is C53H74N10O10S2. The molecule has 75 heavy (non-hydrogen) atoms. The lowest BCUT2D eigenvalue weighted by Crippen LogP contribution is -2.61. The van der Waals surface area contributed by atoms with Crippen LogP contribution in [0.15, 0.2) is 91.1 Å². The van der Waals surface area contributed by atoms with Crippen LogP contribution in [0.2, 0.25) is 0 Å². The number of hydrogen-bond donors (Lipinski definition) is 13. The number of rotatable bonds is 20. The molecule has 22 heteroatoms. The molecular weight excluding hydrogens is 1000 g/mol.